The molecule has 31 heavy (non-hydrogen) atoms. The first-order valence-electron chi connectivity index (χ1n) is 11.4. The quantitative estimate of drug-likeness (QED) is 0.262. The number of ketones is 1. The van der Waals surface area contributed by atoms with Crippen molar-refractivity contribution in [1.29, 1.82) is 0 Å². The van der Waals surface area contributed by atoms with E-state index in [4.69, 9.17) is 4.74 Å². The van der Waals surface area contributed by atoms with E-state index in [0.717, 1.165) is 17.7 Å². The summed E-state index contributed by atoms with van der Waals surface area (Å²) in [6.07, 6.45) is 6.36. The maximum atomic E-state index is 13.1. The van der Waals surface area contributed by atoms with Gasteiger partial charge in [0.15, 0.2) is 6.29 Å². The Kier molecular flexibility index (Phi) is 11.8. The van der Waals surface area contributed by atoms with E-state index >= 15 is 0 Å². The molecule has 3 atom stereocenters. The molecule has 0 bridgehead atoms. The Labute approximate surface area is 187 Å². The summed E-state index contributed by atoms with van der Waals surface area (Å²) in [6.45, 7) is 13.1. The topological polar surface area (TPSA) is 72.5 Å². The van der Waals surface area contributed by atoms with Gasteiger partial charge in [0.05, 0.1) is 12.6 Å². The number of carbonyl (C=O) groups is 3. The molecule has 1 aromatic rings. The molecule has 1 N–H and O–H groups in total. The van der Waals surface area contributed by atoms with Crippen molar-refractivity contribution in [1.82, 2.24) is 5.32 Å². The minimum Gasteiger partial charge on any atom is -0.494 e. The van der Waals surface area contributed by atoms with Crippen LogP contribution in [0.15, 0.2) is 36.4 Å². The number of ether oxygens (including phenoxy) is 1. The fourth-order valence-electron chi connectivity index (χ4n) is 3.36. The molecule has 1 amide bonds. The molecular formula is C26H39NO4. The summed E-state index contributed by atoms with van der Waals surface area (Å²) in [5, 5.41) is 2.85. The molecule has 1 rings (SSSR count). The minimum absolute atomic E-state index is 0.0341. The van der Waals surface area contributed by atoms with E-state index in [1.807, 2.05) is 38.1 Å². The van der Waals surface area contributed by atoms with Crippen molar-refractivity contribution >= 4 is 18.0 Å². The van der Waals surface area contributed by atoms with Gasteiger partial charge in [-0.15, -0.1) is 0 Å². The molecule has 0 aliphatic heterocycles. The van der Waals surface area contributed by atoms with Gasteiger partial charge in [-0.2, -0.15) is 0 Å². The smallest absolute Gasteiger partial charge is 0.224 e. The number of nitrogens with one attached hydrogen (secondary N) is 1. The zero-order valence-corrected chi connectivity index (χ0v) is 19.9. The highest BCUT2D eigenvalue weighted by molar-refractivity contribution is 6.28. The lowest BCUT2D eigenvalue weighted by Crippen LogP contribution is -2.46. The molecular weight excluding hydrogens is 390 g/mol. The zero-order valence-electron chi connectivity index (χ0n) is 19.9. The molecule has 0 heterocycles. The first kappa shape index (κ1) is 26.6. The third kappa shape index (κ3) is 9.95. The average molecular weight is 430 g/mol. The van der Waals surface area contributed by atoms with Crippen molar-refractivity contribution in [2.45, 2.75) is 66.8 Å². The van der Waals surface area contributed by atoms with Gasteiger partial charge in [0.25, 0.3) is 0 Å². The van der Waals surface area contributed by atoms with E-state index < -0.39 is 11.8 Å². The second-order valence-corrected chi connectivity index (χ2v) is 9.00. The normalized spacial score (nSPS) is 14.5. The zero-order chi connectivity index (χ0) is 23.4. The molecule has 0 saturated heterocycles. The summed E-state index contributed by atoms with van der Waals surface area (Å²) in [5.41, 5.74) is 0.859. The van der Waals surface area contributed by atoms with Gasteiger partial charge >= 0.3 is 0 Å². The Morgan fingerprint density at radius 2 is 1.68 bits per heavy atom. The van der Waals surface area contributed by atoms with Crippen molar-refractivity contribution in [2.24, 2.45) is 23.7 Å². The van der Waals surface area contributed by atoms with Gasteiger partial charge < -0.3 is 10.1 Å². The highest BCUT2D eigenvalue weighted by atomic mass is 16.5. The maximum Gasteiger partial charge on any atom is 0.224 e. The lowest BCUT2D eigenvalue weighted by atomic mass is 9.84. The lowest BCUT2D eigenvalue weighted by Gasteiger charge is -2.25. The summed E-state index contributed by atoms with van der Waals surface area (Å²) in [7, 11) is 0. The average Bonchev–Trinajstić information content (AvgIpc) is 2.73. The molecule has 5 heteroatoms. The number of benzene rings is 1. The minimum atomic E-state index is -0.872. The van der Waals surface area contributed by atoms with Crippen molar-refractivity contribution in [2.75, 3.05) is 6.61 Å². The second kappa shape index (κ2) is 13.8. The highest BCUT2D eigenvalue weighted by Gasteiger charge is 2.29. The van der Waals surface area contributed by atoms with Crippen molar-refractivity contribution in [3.63, 3.8) is 0 Å². The fourth-order valence-corrected chi connectivity index (χ4v) is 3.36. The van der Waals surface area contributed by atoms with Gasteiger partial charge in [0, 0.05) is 12.3 Å². The third-order valence-corrected chi connectivity index (χ3v) is 5.11. The van der Waals surface area contributed by atoms with E-state index in [-0.39, 0.29) is 24.2 Å². The molecule has 5 nitrogen and oxygen atoms in total. The molecule has 0 aliphatic carbocycles. The van der Waals surface area contributed by atoms with Crippen molar-refractivity contribution in [3.8, 4) is 5.75 Å². The van der Waals surface area contributed by atoms with Crippen LogP contribution >= 0.6 is 0 Å². The third-order valence-electron chi connectivity index (χ3n) is 5.11. The van der Waals surface area contributed by atoms with E-state index in [1.165, 1.54) is 0 Å². The Morgan fingerprint density at radius 1 is 1.03 bits per heavy atom. The summed E-state index contributed by atoms with van der Waals surface area (Å²) in [6, 6.07) is 6.54. The first-order chi connectivity index (χ1) is 14.7. The van der Waals surface area contributed by atoms with Gasteiger partial charge in [-0.05, 0) is 48.3 Å². The summed E-state index contributed by atoms with van der Waals surface area (Å²) in [4.78, 5) is 36.6. The number of carbonyl (C=O) groups excluding carboxylic acids is 3. The number of aldehydes is 1. The van der Waals surface area contributed by atoms with Gasteiger partial charge in [-0.1, -0.05) is 65.8 Å². The standard InChI is InChI=1S/C26H39NO4/c1-7-14-31-22-12-10-21(11-13-22)16-24(25(29)17-28)27-26(30)23(15-19(4)5)20(6)9-8-18(2)3/h8-13,17-20,23-24H,7,14-16H2,1-6H3,(H,27,30)/b9-8+. The second-order valence-electron chi connectivity index (χ2n) is 9.00. The summed E-state index contributed by atoms with van der Waals surface area (Å²) >= 11 is 0. The Morgan fingerprint density at radius 3 is 2.19 bits per heavy atom. The number of allylic oxidation sites excluding steroid dienone is 2. The van der Waals surface area contributed by atoms with Crippen LogP contribution < -0.4 is 10.1 Å². The number of amides is 1. The van der Waals surface area contributed by atoms with Crippen LogP contribution in [0.5, 0.6) is 5.75 Å². The molecule has 172 valence electrons. The van der Waals surface area contributed by atoms with E-state index in [9.17, 15) is 14.4 Å². The van der Waals surface area contributed by atoms with Crippen LogP contribution in [-0.2, 0) is 20.8 Å². The molecule has 0 saturated carbocycles. The lowest BCUT2D eigenvalue weighted by molar-refractivity contribution is -0.134. The number of rotatable bonds is 14. The Hall–Kier alpha value is -2.43. The van der Waals surface area contributed by atoms with Crippen LogP contribution in [0.25, 0.3) is 0 Å². The predicted molar refractivity (Wildman–Crippen MR) is 125 cm³/mol. The maximum absolute atomic E-state index is 13.1. The monoisotopic (exact) mass is 429 g/mol. The molecule has 0 fully saturated rings. The first-order valence-corrected chi connectivity index (χ1v) is 11.4. The van der Waals surface area contributed by atoms with Gasteiger partial charge in [0.2, 0.25) is 11.7 Å². The van der Waals surface area contributed by atoms with Crippen LogP contribution in [0.3, 0.4) is 0 Å². The SMILES string of the molecule is CCCOc1ccc(CC(NC(=O)C(CC(C)C)C(C)/C=C/C(C)C)C(=O)C=O)cc1. The van der Waals surface area contributed by atoms with Crippen LogP contribution in [0.2, 0.25) is 0 Å². The van der Waals surface area contributed by atoms with E-state index in [0.29, 0.717) is 31.1 Å². The van der Waals surface area contributed by atoms with Gasteiger partial charge in [-0.3, -0.25) is 14.4 Å². The largest absolute Gasteiger partial charge is 0.494 e. The van der Waals surface area contributed by atoms with Crippen LogP contribution in [0, 0.1) is 23.7 Å². The summed E-state index contributed by atoms with van der Waals surface area (Å²) < 4.78 is 5.58. The Balaban J connectivity index is 2.95. The van der Waals surface area contributed by atoms with Crippen LogP contribution in [0.1, 0.15) is 59.9 Å². The van der Waals surface area contributed by atoms with Crippen LogP contribution in [-0.4, -0.2) is 30.6 Å². The summed E-state index contributed by atoms with van der Waals surface area (Å²) in [5.74, 6) is 0.468. The van der Waals surface area contributed by atoms with Crippen molar-refractivity contribution < 1.29 is 19.1 Å². The predicted octanol–water partition coefficient (Wildman–Crippen LogP) is 4.78. The highest BCUT2D eigenvalue weighted by Crippen LogP contribution is 2.23. The molecule has 3 unspecified atom stereocenters. The number of Topliss-reactive ketones (excluding diaryl/α,β-unsaturated/α-hetero) is 1. The van der Waals surface area contributed by atoms with E-state index in [2.05, 4.69) is 45.2 Å². The molecule has 0 radical (unpaired) electrons. The number of hydrogen-bond donors (Lipinski definition) is 1. The Bertz CT molecular complexity index is 721. The van der Waals surface area contributed by atoms with Gasteiger partial charge in [-0.25, -0.2) is 0 Å². The molecule has 1 aromatic carbocycles. The fraction of sp³-hybridized carbons (Fsp3) is 0.577. The van der Waals surface area contributed by atoms with Crippen LogP contribution in [0.4, 0.5) is 0 Å². The van der Waals surface area contributed by atoms with E-state index in [1.54, 1.807) is 0 Å². The molecule has 0 aromatic heterocycles. The molecule has 0 aliphatic rings. The van der Waals surface area contributed by atoms with Gasteiger partial charge in [0.1, 0.15) is 5.75 Å². The van der Waals surface area contributed by atoms with Crippen molar-refractivity contribution in [3.05, 3.63) is 42.0 Å². The number of hydrogen-bond acceptors (Lipinski definition) is 4. The molecule has 0 spiro atoms.